The molecule has 0 saturated carbocycles. The van der Waals surface area contributed by atoms with Crippen molar-refractivity contribution in [2.75, 3.05) is 0 Å². The van der Waals surface area contributed by atoms with Crippen LogP contribution in [0.2, 0.25) is 0 Å². The number of carbonyl (C=O) groups is 1. The Labute approximate surface area is 108 Å². The van der Waals surface area contributed by atoms with Crippen molar-refractivity contribution in [3.63, 3.8) is 0 Å². The maximum absolute atomic E-state index is 11.9. The minimum absolute atomic E-state index is 0.272. The Bertz CT molecular complexity index is 568. The van der Waals surface area contributed by atoms with Crippen LogP contribution in [-0.2, 0) is 11.3 Å². The summed E-state index contributed by atoms with van der Waals surface area (Å²) in [6, 6.07) is 5.47. The van der Waals surface area contributed by atoms with E-state index in [2.05, 4.69) is 10.3 Å². The average Bonchev–Trinajstić information content (AvgIpc) is 2.99. The zero-order valence-corrected chi connectivity index (χ0v) is 10.5. The van der Waals surface area contributed by atoms with Gasteiger partial charge >= 0.3 is 0 Å². The maximum atomic E-state index is 11.9. The van der Waals surface area contributed by atoms with Gasteiger partial charge in [0, 0.05) is 11.1 Å². The molecule has 0 fully saturated rings. The van der Waals surface area contributed by atoms with Gasteiger partial charge in [-0.15, -0.1) is 11.3 Å². The van der Waals surface area contributed by atoms with Gasteiger partial charge in [0.15, 0.2) is 5.92 Å². The van der Waals surface area contributed by atoms with Crippen LogP contribution in [0.5, 0.6) is 0 Å². The van der Waals surface area contributed by atoms with Crippen molar-refractivity contribution in [2.24, 2.45) is 0 Å². The maximum Gasteiger partial charge on any atom is 0.244 e. The molecule has 0 bridgehead atoms. The summed E-state index contributed by atoms with van der Waals surface area (Å²) in [4.78, 5) is 16.0. The van der Waals surface area contributed by atoms with Crippen LogP contribution in [-0.4, -0.2) is 10.9 Å². The van der Waals surface area contributed by atoms with E-state index in [1.807, 2.05) is 18.4 Å². The number of aromatic nitrogens is 1. The smallest absolute Gasteiger partial charge is 0.244 e. The lowest BCUT2D eigenvalue weighted by atomic mass is 10.1. The summed E-state index contributed by atoms with van der Waals surface area (Å²) in [5.74, 6) is -0.572. The van der Waals surface area contributed by atoms with Crippen LogP contribution in [0.4, 0.5) is 0 Å². The number of aryl methyl sites for hydroxylation is 1. The van der Waals surface area contributed by atoms with E-state index < -0.39 is 5.92 Å². The summed E-state index contributed by atoms with van der Waals surface area (Å²) in [6.45, 7) is 2.10. The van der Waals surface area contributed by atoms with Crippen molar-refractivity contribution in [3.8, 4) is 6.07 Å². The van der Waals surface area contributed by atoms with Gasteiger partial charge in [-0.1, -0.05) is 0 Å². The lowest BCUT2D eigenvalue weighted by Gasteiger charge is -2.06. The number of hydrogen-bond donors (Lipinski definition) is 1. The molecule has 2 aromatic rings. The fourth-order valence-corrected chi connectivity index (χ4v) is 2.26. The number of nitriles is 1. The predicted octanol–water partition coefficient (Wildman–Crippen LogP) is 1.97. The molecule has 1 atom stereocenters. The topological polar surface area (TPSA) is 78.9 Å². The van der Waals surface area contributed by atoms with Crippen LogP contribution >= 0.6 is 11.3 Å². The molecule has 18 heavy (non-hydrogen) atoms. The molecule has 2 rings (SSSR count). The van der Waals surface area contributed by atoms with E-state index in [0.29, 0.717) is 10.8 Å². The number of amides is 1. The zero-order valence-electron chi connectivity index (χ0n) is 9.71. The van der Waals surface area contributed by atoms with Crippen molar-refractivity contribution >= 4 is 17.2 Å². The minimum atomic E-state index is -0.862. The normalized spacial score (nSPS) is 11.8. The third kappa shape index (κ3) is 2.76. The Morgan fingerprint density at radius 3 is 3.11 bits per heavy atom. The number of furan rings is 1. The van der Waals surface area contributed by atoms with Crippen LogP contribution in [0, 0.1) is 18.3 Å². The van der Waals surface area contributed by atoms with Gasteiger partial charge in [-0.3, -0.25) is 4.79 Å². The van der Waals surface area contributed by atoms with Crippen molar-refractivity contribution in [1.29, 1.82) is 5.26 Å². The van der Waals surface area contributed by atoms with Crippen LogP contribution < -0.4 is 5.32 Å². The highest BCUT2D eigenvalue weighted by Gasteiger charge is 2.23. The first-order chi connectivity index (χ1) is 8.70. The number of nitrogens with one attached hydrogen (secondary N) is 1. The van der Waals surface area contributed by atoms with E-state index in [1.165, 1.54) is 17.6 Å². The number of rotatable bonds is 4. The molecule has 1 unspecified atom stereocenters. The molecule has 0 saturated heterocycles. The third-order valence-corrected chi connectivity index (χ3v) is 3.32. The first-order valence-corrected chi connectivity index (χ1v) is 6.20. The molecule has 0 aliphatic rings. The monoisotopic (exact) mass is 261 g/mol. The molecule has 2 aromatic heterocycles. The van der Waals surface area contributed by atoms with Crippen molar-refractivity contribution in [2.45, 2.75) is 19.4 Å². The highest BCUT2D eigenvalue weighted by molar-refractivity contribution is 7.09. The SMILES string of the molecule is Cc1csc(C(C#N)C(=O)NCc2ccco2)n1. The standard InChI is InChI=1S/C12H11N3O2S/c1-8-7-18-12(15-8)10(5-13)11(16)14-6-9-3-2-4-17-9/h2-4,7,10H,6H2,1H3,(H,14,16). The van der Waals surface area contributed by atoms with Crippen molar-refractivity contribution < 1.29 is 9.21 Å². The Kier molecular flexibility index (Phi) is 3.75. The van der Waals surface area contributed by atoms with E-state index in [1.54, 1.807) is 12.1 Å². The molecule has 0 aliphatic carbocycles. The van der Waals surface area contributed by atoms with Gasteiger partial charge in [0.1, 0.15) is 10.8 Å². The number of nitrogens with zero attached hydrogens (tertiary/aromatic N) is 2. The summed E-state index contributed by atoms with van der Waals surface area (Å²) in [5.41, 5.74) is 0.814. The fraction of sp³-hybridized carbons (Fsp3) is 0.250. The molecule has 0 spiro atoms. The molecule has 92 valence electrons. The second-order valence-corrected chi connectivity index (χ2v) is 4.58. The van der Waals surface area contributed by atoms with Gasteiger partial charge in [-0.2, -0.15) is 5.26 Å². The zero-order chi connectivity index (χ0) is 13.0. The third-order valence-electron chi connectivity index (χ3n) is 2.29. The first kappa shape index (κ1) is 12.3. The highest BCUT2D eigenvalue weighted by Crippen LogP contribution is 2.19. The first-order valence-electron chi connectivity index (χ1n) is 5.32. The number of carbonyl (C=O) groups excluding carboxylic acids is 1. The predicted molar refractivity (Wildman–Crippen MR) is 65.8 cm³/mol. The van der Waals surface area contributed by atoms with Crippen molar-refractivity contribution in [1.82, 2.24) is 10.3 Å². The van der Waals surface area contributed by atoms with Crippen LogP contribution in [0.1, 0.15) is 22.4 Å². The lowest BCUT2D eigenvalue weighted by molar-refractivity contribution is -0.121. The highest BCUT2D eigenvalue weighted by atomic mass is 32.1. The Morgan fingerprint density at radius 1 is 1.72 bits per heavy atom. The number of hydrogen-bond acceptors (Lipinski definition) is 5. The van der Waals surface area contributed by atoms with E-state index >= 15 is 0 Å². The Hall–Kier alpha value is -2.13. The largest absolute Gasteiger partial charge is 0.467 e. The number of thiazole rings is 1. The quantitative estimate of drug-likeness (QED) is 0.912. The van der Waals surface area contributed by atoms with Gasteiger partial charge < -0.3 is 9.73 Å². The molecular formula is C12H11N3O2S. The molecule has 2 heterocycles. The molecule has 6 heteroatoms. The van der Waals surface area contributed by atoms with Crippen LogP contribution in [0.15, 0.2) is 28.2 Å². The van der Waals surface area contributed by atoms with Gasteiger partial charge in [0.05, 0.1) is 18.9 Å². The van der Waals surface area contributed by atoms with Crippen LogP contribution in [0.3, 0.4) is 0 Å². The van der Waals surface area contributed by atoms with Gasteiger partial charge in [-0.25, -0.2) is 4.98 Å². The summed E-state index contributed by atoms with van der Waals surface area (Å²) < 4.78 is 5.10. The molecule has 1 N–H and O–H groups in total. The second kappa shape index (κ2) is 5.47. The summed E-state index contributed by atoms with van der Waals surface area (Å²) in [5, 5.41) is 14.0. The average molecular weight is 261 g/mol. The minimum Gasteiger partial charge on any atom is -0.467 e. The van der Waals surface area contributed by atoms with Crippen LogP contribution in [0.25, 0.3) is 0 Å². The molecule has 5 nitrogen and oxygen atoms in total. The molecule has 1 amide bonds. The summed E-state index contributed by atoms with van der Waals surface area (Å²) in [7, 11) is 0. The van der Waals surface area contributed by atoms with Gasteiger partial charge in [0.2, 0.25) is 5.91 Å². The van der Waals surface area contributed by atoms with E-state index in [4.69, 9.17) is 9.68 Å². The summed E-state index contributed by atoms with van der Waals surface area (Å²) >= 11 is 1.32. The molecule has 0 aromatic carbocycles. The molecule has 0 aliphatic heterocycles. The van der Waals surface area contributed by atoms with E-state index in [0.717, 1.165) is 5.69 Å². The Morgan fingerprint density at radius 2 is 2.56 bits per heavy atom. The molecule has 0 radical (unpaired) electrons. The van der Waals surface area contributed by atoms with Gasteiger partial charge in [-0.05, 0) is 19.1 Å². The van der Waals surface area contributed by atoms with Crippen molar-refractivity contribution in [3.05, 3.63) is 40.2 Å². The summed E-state index contributed by atoms with van der Waals surface area (Å²) in [6.07, 6.45) is 1.54. The van der Waals surface area contributed by atoms with E-state index in [9.17, 15) is 4.79 Å². The molecular weight excluding hydrogens is 250 g/mol. The second-order valence-electron chi connectivity index (χ2n) is 3.69. The van der Waals surface area contributed by atoms with E-state index in [-0.39, 0.29) is 12.5 Å². The Balaban J connectivity index is 2.00. The fourth-order valence-electron chi connectivity index (χ4n) is 1.42. The van der Waals surface area contributed by atoms with Gasteiger partial charge in [0.25, 0.3) is 0 Å². The lowest BCUT2D eigenvalue weighted by Crippen LogP contribution is -2.28.